The summed E-state index contributed by atoms with van der Waals surface area (Å²) in [6.45, 7) is 13.3. The Kier molecular flexibility index (Phi) is 6.84. The number of hydrogen-bond donors (Lipinski definition) is 1. The van der Waals surface area contributed by atoms with E-state index in [1.165, 1.54) is 22.4 Å². The third-order valence-corrected chi connectivity index (χ3v) is 6.34. The zero-order valence-electron chi connectivity index (χ0n) is 17.1. The summed E-state index contributed by atoms with van der Waals surface area (Å²) in [5, 5.41) is 9.27. The number of carbonyl (C=O) groups is 1. The molecule has 26 heavy (non-hydrogen) atoms. The quantitative estimate of drug-likeness (QED) is 0.705. The average Bonchev–Trinajstić information content (AvgIpc) is 2.52. The molecule has 0 amide bonds. The van der Waals surface area contributed by atoms with E-state index < -0.39 is 5.97 Å². The number of thioether (sulfide) groups is 1. The maximum atomic E-state index is 10.9. The van der Waals surface area contributed by atoms with Crippen molar-refractivity contribution < 1.29 is 14.6 Å². The molecule has 0 heterocycles. The van der Waals surface area contributed by atoms with E-state index in [4.69, 9.17) is 9.84 Å². The number of hydrogen-bond acceptors (Lipinski definition) is 3. The molecule has 1 aromatic rings. The topological polar surface area (TPSA) is 46.5 Å². The van der Waals surface area contributed by atoms with Gasteiger partial charge in [0.05, 0.1) is 6.10 Å². The van der Waals surface area contributed by atoms with Gasteiger partial charge in [-0.25, -0.2) is 4.79 Å². The highest BCUT2D eigenvalue weighted by atomic mass is 32.2. The highest BCUT2D eigenvalue weighted by molar-refractivity contribution is 8.00. The van der Waals surface area contributed by atoms with E-state index in [-0.39, 0.29) is 23.5 Å². The fourth-order valence-corrected chi connectivity index (χ4v) is 4.67. The van der Waals surface area contributed by atoms with Gasteiger partial charge >= 0.3 is 5.97 Å². The number of benzene rings is 1. The first kappa shape index (κ1) is 21.3. The fraction of sp³-hybridized carbons (Fsp3) is 0.682. The van der Waals surface area contributed by atoms with Crippen LogP contribution in [0.1, 0.15) is 78.4 Å². The predicted octanol–water partition coefficient (Wildman–Crippen LogP) is 5.79. The van der Waals surface area contributed by atoms with Crippen molar-refractivity contribution in [1.82, 2.24) is 0 Å². The van der Waals surface area contributed by atoms with Gasteiger partial charge in [0.25, 0.3) is 0 Å². The molecule has 0 aromatic heterocycles. The molecule has 146 valence electrons. The van der Waals surface area contributed by atoms with Crippen LogP contribution in [-0.4, -0.2) is 29.0 Å². The molecule has 0 bridgehead atoms. The van der Waals surface area contributed by atoms with Crippen LogP contribution >= 0.6 is 11.8 Å². The van der Waals surface area contributed by atoms with Crippen LogP contribution in [0.25, 0.3) is 0 Å². The van der Waals surface area contributed by atoms with Crippen LogP contribution < -0.4 is 0 Å². The molecule has 0 radical (unpaired) electrons. The Hall–Kier alpha value is -1.00. The summed E-state index contributed by atoms with van der Waals surface area (Å²) in [7, 11) is 0. The minimum absolute atomic E-state index is 0.0289. The van der Waals surface area contributed by atoms with Crippen molar-refractivity contribution in [1.29, 1.82) is 0 Å². The van der Waals surface area contributed by atoms with Gasteiger partial charge in [-0.05, 0) is 46.9 Å². The Labute approximate surface area is 162 Å². The Balaban J connectivity index is 2.27. The normalized spacial score (nSPS) is 21.6. The van der Waals surface area contributed by atoms with Gasteiger partial charge in [0.1, 0.15) is 6.61 Å². The number of carboxylic acids is 1. The second-order valence-corrected chi connectivity index (χ2v) is 10.7. The molecule has 2 rings (SSSR count). The fourth-order valence-electron chi connectivity index (χ4n) is 3.27. The molecule has 1 aromatic carbocycles. The molecule has 2 atom stereocenters. The van der Waals surface area contributed by atoms with Crippen LogP contribution in [0.2, 0.25) is 0 Å². The summed E-state index contributed by atoms with van der Waals surface area (Å²) >= 11 is 1.87. The lowest BCUT2D eigenvalue weighted by molar-refractivity contribution is -0.144. The molecule has 4 heteroatoms. The smallest absolute Gasteiger partial charge is 0.329 e. The molecule has 1 saturated carbocycles. The highest BCUT2D eigenvalue weighted by Crippen LogP contribution is 2.39. The van der Waals surface area contributed by atoms with Crippen LogP contribution in [0.5, 0.6) is 0 Å². The molecule has 0 unspecified atom stereocenters. The first-order chi connectivity index (χ1) is 12.0. The number of ether oxygens (including phenoxy) is 1. The first-order valence-corrected chi connectivity index (χ1v) is 10.5. The van der Waals surface area contributed by atoms with Crippen LogP contribution in [-0.2, 0) is 20.4 Å². The average molecular weight is 379 g/mol. The number of carboxylic acid groups (broad SMARTS) is 1. The Morgan fingerprint density at radius 2 is 1.58 bits per heavy atom. The van der Waals surface area contributed by atoms with Gasteiger partial charge in [0.15, 0.2) is 0 Å². The maximum Gasteiger partial charge on any atom is 0.329 e. The monoisotopic (exact) mass is 378 g/mol. The third-order valence-electron chi connectivity index (χ3n) is 4.99. The van der Waals surface area contributed by atoms with E-state index in [0.717, 1.165) is 19.3 Å². The lowest BCUT2D eigenvalue weighted by Crippen LogP contribution is -2.31. The van der Waals surface area contributed by atoms with Crippen LogP contribution in [0, 0.1) is 0 Å². The second-order valence-electron chi connectivity index (χ2n) is 9.43. The van der Waals surface area contributed by atoms with Gasteiger partial charge < -0.3 is 9.84 Å². The summed E-state index contributed by atoms with van der Waals surface area (Å²) in [5.41, 5.74) is 2.91. The maximum absolute atomic E-state index is 10.9. The van der Waals surface area contributed by atoms with Crippen molar-refractivity contribution in [2.75, 3.05) is 6.61 Å². The highest BCUT2D eigenvalue weighted by Gasteiger charge is 2.28. The van der Waals surface area contributed by atoms with Crippen molar-refractivity contribution in [2.24, 2.45) is 0 Å². The molecule has 0 saturated heterocycles. The molecule has 3 nitrogen and oxygen atoms in total. The first-order valence-electron chi connectivity index (χ1n) is 9.63. The predicted molar refractivity (Wildman–Crippen MR) is 109 cm³/mol. The lowest BCUT2D eigenvalue weighted by Gasteiger charge is -2.32. The number of aliphatic carboxylic acids is 1. The lowest BCUT2D eigenvalue weighted by atomic mass is 9.81. The van der Waals surface area contributed by atoms with Crippen molar-refractivity contribution in [3.05, 3.63) is 29.3 Å². The van der Waals surface area contributed by atoms with Crippen molar-refractivity contribution in [3.8, 4) is 0 Å². The van der Waals surface area contributed by atoms with E-state index in [1.54, 1.807) is 0 Å². The van der Waals surface area contributed by atoms with Crippen molar-refractivity contribution >= 4 is 17.7 Å². The van der Waals surface area contributed by atoms with Gasteiger partial charge in [-0.3, -0.25) is 0 Å². The largest absolute Gasteiger partial charge is 0.480 e. The molecule has 1 fully saturated rings. The summed E-state index contributed by atoms with van der Waals surface area (Å²) < 4.78 is 5.70. The molecular weight excluding hydrogens is 344 g/mol. The minimum Gasteiger partial charge on any atom is -0.480 e. The SMILES string of the molecule is CC(C)(C)c1cc(S[C@@H]2CCCC[C@H]2OCC(=O)O)cc(C(C)(C)C)c1. The summed E-state index contributed by atoms with van der Waals surface area (Å²) in [6, 6.07) is 6.95. The number of rotatable bonds is 5. The van der Waals surface area contributed by atoms with E-state index >= 15 is 0 Å². The van der Waals surface area contributed by atoms with Crippen molar-refractivity contribution in [2.45, 2.75) is 94.3 Å². The van der Waals surface area contributed by atoms with Gasteiger partial charge in [0, 0.05) is 10.1 Å². The second kappa shape index (κ2) is 8.35. The van der Waals surface area contributed by atoms with E-state index in [2.05, 4.69) is 59.7 Å². The Morgan fingerprint density at radius 3 is 2.08 bits per heavy atom. The molecule has 1 N–H and O–H groups in total. The molecular formula is C22H34O3S. The third kappa shape index (κ3) is 6.02. The van der Waals surface area contributed by atoms with Gasteiger partial charge in [0.2, 0.25) is 0 Å². The summed E-state index contributed by atoms with van der Waals surface area (Å²) in [5.74, 6) is -0.885. The van der Waals surface area contributed by atoms with Crippen LogP contribution in [0.3, 0.4) is 0 Å². The Morgan fingerprint density at radius 1 is 1.04 bits per heavy atom. The van der Waals surface area contributed by atoms with Gasteiger partial charge in [-0.2, -0.15) is 0 Å². The molecule has 0 aliphatic heterocycles. The van der Waals surface area contributed by atoms with E-state index in [1.807, 2.05) is 11.8 Å². The molecule has 1 aliphatic rings. The van der Waals surface area contributed by atoms with Crippen LogP contribution in [0.4, 0.5) is 0 Å². The zero-order valence-corrected chi connectivity index (χ0v) is 17.9. The minimum atomic E-state index is -0.885. The summed E-state index contributed by atoms with van der Waals surface area (Å²) in [4.78, 5) is 12.2. The van der Waals surface area contributed by atoms with Gasteiger partial charge in [-0.15, -0.1) is 11.8 Å². The van der Waals surface area contributed by atoms with Gasteiger partial charge in [-0.1, -0.05) is 60.5 Å². The van der Waals surface area contributed by atoms with E-state index in [9.17, 15) is 4.79 Å². The standard InChI is InChI=1S/C22H34O3S/c1-21(2,3)15-11-16(22(4,5)6)13-17(12-15)26-19-10-8-7-9-18(19)25-14-20(23)24/h11-13,18-19H,7-10,14H2,1-6H3,(H,23,24)/t18-,19-/m1/s1. The summed E-state index contributed by atoms with van der Waals surface area (Å²) in [6.07, 6.45) is 4.38. The van der Waals surface area contributed by atoms with E-state index in [0.29, 0.717) is 5.25 Å². The van der Waals surface area contributed by atoms with Crippen molar-refractivity contribution in [3.63, 3.8) is 0 Å². The molecule has 1 aliphatic carbocycles. The Bertz CT molecular complexity index is 593. The zero-order chi connectivity index (χ0) is 19.5. The van der Waals surface area contributed by atoms with Crippen LogP contribution in [0.15, 0.2) is 23.1 Å². The molecule has 0 spiro atoms.